The number of aromatic amines is 1. The standard InChI is InChI=1S/C22H24ClN3O3S/c1-14(2)29-21-5-4-16(12-19(21)23)17-6-9-24-22-18(17)13-20(25-22)15-7-10-26(11-8-15)30(3,27)28/h4-7,9,12-14H,8,10-11H2,1-3H3,(H,24,25). The lowest BCUT2D eigenvalue weighted by molar-refractivity contribution is 0.242. The maximum Gasteiger partial charge on any atom is 0.211 e. The van der Waals surface area contributed by atoms with Gasteiger partial charge in [0.25, 0.3) is 0 Å². The van der Waals surface area contributed by atoms with Gasteiger partial charge in [-0.1, -0.05) is 23.7 Å². The van der Waals surface area contributed by atoms with Crippen LogP contribution >= 0.6 is 11.6 Å². The Morgan fingerprint density at radius 2 is 2.03 bits per heavy atom. The van der Waals surface area contributed by atoms with Gasteiger partial charge in [0.05, 0.1) is 17.4 Å². The zero-order valence-corrected chi connectivity index (χ0v) is 18.7. The molecule has 0 atom stereocenters. The first-order valence-electron chi connectivity index (χ1n) is 9.81. The number of rotatable bonds is 5. The van der Waals surface area contributed by atoms with E-state index in [-0.39, 0.29) is 6.10 Å². The molecule has 1 aliphatic heterocycles. The molecule has 0 radical (unpaired) electrons. The van der Waals surface area contributed by atoms with Gasteiger partial charge < -0.3 is 9.72 Å². The number of sulfonamides is 1. The van der Waals surface area contributed by atoms with Gasteiger partial charge in [0, 0.05) is 30.4 Å². The fourth-order valence-corrected chi connectivity index (χ4v) is 4.66. The van der Waals surface area contributed by atoms with Crippen molar-refractivity contribution in [1.82, 2.24) is 14.3 Å². The number of aromatic nitrogens is 2. The molecule has 8 heteroatoms. The summed E-state index contributed by atoms with van der Waals surface area (Å²) < 4.78 is 30.7. The minimum Gasteiger partial charge on any atom is -0.489 e. The molecule has 30 heavy (non-hydrogen) atoms. The molecular weight excluding hydrogens is 422 g/mol. The molecule has 0 saturated carbocycles. The van der Waals surface area contributed by atoms with Crippen molar-refractivity contribution in [1.29, 1.82) is 0 Å². The Kier molecular flexibility index (Phi) is 5.61. The van der Waals surface area contributed by atoms with Crippen molar-refractivity contribution in [3.8, 4) is 16.9 Å². The van der Waals surface area contributed by atoms with Gasteiger partial charge in [-0.05, 0) is 61.2 Å². The van der Waals surface area contributed by atoms with E-state index in [9.17, 15) is 8.42 Å². The Hall–Kier alpha value is -2.35. The highest BCUT2D eigenvalue weighted by molar-refractivity contribution is 7.88. The number of benzene rings is 1. The third-order valence-electron chi connectivity index (χ3n) is 5.12. The summed E-state index contributed by atoms with van der Waals surface area (Å²) in [5.41, 5.74) is 4.85. The lowest BCUT2D eigenvalue weighted by Gasteiger charge is -2.23. The lowest BCUT2D eigenvalue weighted by Crippen LogP contribution is -2.33. The molecule has 1 aliphatic rings. The van der Waals surface area contributed by atoms with Crippen molar-refractivity contribution < 1.29 is 13.2 Å². The zero-order valence-electron chi connectivity index (χ0n) is 17.1. The summed E-state index contributed by atoms with van der Waals surface area (Å²) in [6, 6.07) is 9.84. The Labute approximate surface area is 181 Å². The molecule has 0 saturated heterocycles. The molecule has 0 spiro atoms. The Bertz CT molecular complexity index is 1230. The van der Waals surface area contributed by atoms with Crippen LogP contribution in [-0.4, -0.2) is 48.1 Å². The first-order valence-corrected chi connectivity index (χ1v) is 12.0. The lowest BCUT2D eigenvalue weighted by atomic mass is 10.0. The van der Waals surface area contributed by atoms with Gasteiger partial charge in [0.15, 0.2) is 0 Å². The molecule has 3 aromatic rings. The van der Waals surface area contributed by atoms with Crippen LogP contribution < -0.4 is 4.74 Å². The molecule has 6 nitrogen and oxygen atoms in total. The third kappa shape index (κ3) is 4.24. The number of fused-ring (bicyclic) bond motifs is 1. The summed E-state index contributed by atoms with van der Waals surface area (Å²) in [5, 5.41) is 1.56. The van der Waals surface area contributed by atoms with Crippen LogP contribution in [0.15, 0.2) is 42.6 Å². The maximum atomic E-state index is 11.7. The van der Waals surface area contributed by atoms with Gasteiger partial charge >= 0.3 is 0 Å². The summed E-state index contributed by atoms with van der Waals surface area (Å²) >= 11 is 6.44. The van der Waals surface area contributed by atoms with Gasteiger partial charge in [0.2, 0.25) is 10.0 Å². The van der Waals surface area contributed by atoms with E-state index < -0.39 is 10.0 Å². The van der Waals surface area contributed by atoms with Crippen molar-refractivity contribution in [3.05, 3.63) is 53.3 Å². The van der Waals surface area contributed by atoms with Crippen molar-refractivity contribution >= 4 is 38.2 Å². The van der Waals surface area contributed by atoms with Gasteiger partial charge in [-0.2, -0.15) is 4.31 Å². The molecule has 0 fully saturated rings. The smallest absolute Gasteiger partial charge is 0.211 e. The molecule has 1 aromatic carbocycles. The van der Waals surface area contributed by atoms with E-state index in [0.717, 1.165) is 33.4 Å². The van der Waals surface area contributed by atoms with Crippen LogP contribution in [0.1, 0.15) is 26.0 Å². The second-order valence-electron chi connectivity index (χ2n) is 7.72. The number of ether oxygens (including phenoxy) is 1. The molecule has 4 rings (SSSR count). The highest BCUT2D eigenvalue weighted by atomic mass is 35.5. The second kappa shape index (κ2) is 8.06. The van der Waals surface area contributed by atoms with Crippen LogP contribution in [0.5, 0.6) is 5.75 Å². The van der Waals surface area contributed by atoms with E-state index >= 15 is 0 Å². The summed E-state index contributed by atoms with van der Waals surface area (Å²) in [6.45, 7) is 4.80. The minimum absolute atomic E-state index is 0.0515. The Morgan fingerprint density at radius 3 is 2.67 bits per heavy atom. The number of nitrogens with zero attached hydrogens (tertiary/aromatic N) is 2. The van der Waals surface area contributed by atoms with Crippen LogP contribution in [0.2, 0.25) is 5.02 Å². The molecule has 3 heterocycles. The van der Waals surface area contributed by atoms with E-state index in [1.807, 2.05) is 44.2 Å². The van der Waals surface area contributed by atoms with E-state index in [0.29, 0.717) is 30.3 Å². The zero-order chi connectivity index (χ0) is 21.5. The Morgan fingerprint density at radius 1 is 1.23 bits per heavy atom. The molecule has 0 unspecified atom stereocenters. The summed E-state index contributed by atoms with van der Waals surface area (Å²) in [6.07, 6.45) is 5.68. The molecule has 0 bridgehead atoms. The Balaban J connectivity index is 1.68. The van der Waals surface area contributed by atoms with Crippen LogP contribution in [0.3, 0.4) is 0 Å². The summed E-state index contributed by atoms with van der Waals surface area (Å²) in [5.74, 6) is 0.665. The third-order valence-corrected chi connectivity index (χ3v) is 6.69. The highest BCUT2D eigenvalue weighted by Gasteiger charge is 2.21. The fraction of sp³-hybridized carbons (Fsp3) is 0.318. The van der Waals surface area contributed by atoms with Gasteiger partial charge in [0.1, 0.15) is 11.4 Å². The first kappa shape index (κ1) is 20.9. The topological polar surface area (TPSA) is 75.3 Å². The monoisotopic (exact) mass is 445 g/mol. The fourth-order valence-electron chi connectivity index (χ4n) is 3.67. The van der Waals surface area contributed by atoms with Crippen LogP contribution in [-0.2, 0) is 10.0 Å². The first-order chi connectivity index (χ1) is 14.2. The van der Waals surface area contributed by atoms with Crippen molar-refractivity contribution in [2.24, 2.45) is 0 Å². The molecule has 2 aromatic heterocycles. The van der Waals surface area contributed by atoms with Crippen LogP contribution in [0.25, 0.3) is 27.7 Å². The largest absolute Gasteiger partial charge is 0.489 e. The maximum absolute atomic E-state index is 11.7. The molecule has 158 valence electrons. The van der Waals surface area contributed by atoms with Crippen LogP contribution in [0.4, 0.5) is 0 Å². The predicted octanol–water partition coefficient (Wildman–Crippen LogP) is 4.72. The molecular formula is C22H24ClN3O3S. The molecule has 1 N–H and O–H groups in total. The molecule has 0 amide bonds. The normalized spacial score (nSPS) is 15.6. The van der Waals surface area contributed by atoms with E-state index in [1.54, 1.807) is 6.20 Å². The SMILES string of the molecule is CC(C)Oc1ccc(-c2ccnc3[nH]c(C4=CCN(S(C)(=O)=O)CC4)cc23)cc1Cl. The van der Waals surface area contributed by atoms with Gasteiger partial charge in [-0.25, -0.2) is 13.4 Å². The predicted molar refractivity (Wildman–Crippen MR) is 121 cm³/mol. The average molecular weight is 446 g/mol. The number of halogens is 1. The summed E-state index contributed by atoms with van der Waals surface area (Å²) in [4.78, 5) is 7.85. The summed E-state index contributed by atoms with van der Waals surface area (Å²) in [7, 11) is -3.17. The van der Waals surface area contributed by atoms with E-state index in [2.05, 4.69) is 16.0 Å². The van der Waals surface area contributed by atoms with Crippen LogP contribution in [0, 0.1) is 0 Å². The highest BCUT2D eigenvalue weighted by Crippen LogP contribution is 2.35. The molecule has 0 aliphatic carbocycles. The number of pyridine rings is 1. The van der Waals surface area contributed by atoms with E-state index in [1.165, 1.54) is 10.6 Å². The van der Waals surface area contributed by atoms with Gasteiger partial charge in [-0.3, -0.25) is 0 Å². The quantitative estimate of drug-likeness (QED) is 0.616. The van der Waals surface area contributed by atoms with Crippen molar-refractivity contribution in [3.63, 3.8) is 0 Å². The minimum atomic E-state index is -3.17. The number of hydrogen-bond donors (Lipinski definition) is 1. The van der Waals surface area contributed by atoms with Crippen molar-refractivity contribution in [2.75, 3.05) is 19.3 Å². The number of nitrogens with one attached hydrogen (secondary N) is 1. The average Bonchev–Trinajstić information content (AvgIpc) is 3.13. The second-order valence-corrected chi connectivity index (χ2v) is 10.1. The van der Waals surface area contributed by atoms with Gasteiger partial charge in [-0.15, -0.1) is 0 Å². The van der Waals surface area contributed by atoms with E-state index in [4.69, 9.17) is 16.3 Å². The number of hydrogen-bond acceptors (Lipinski definition) is 4. The van der Waals surface area contributed by atoms with Crippen molar-refractivity contribution in [2.45, 2.75) is 26.4 Å². The number of H-pyrrole nitrogens is 1.